The summed E-state index contributed by atoms with van der Waals surface area (Å²) in [5.41, 5.74) is 2.73. The first-order valence-electron chi connectivity index (χ1n) is 7.17. The summed E-state index contributed by atoms with van der Waals surface area (Å²) in [7, 11) is 1.87. The van der Waals surface area contributed by atoms with Crippen molar-refractivity contribution in [2.75, 3.05) is 44.7 Å². The average molecular weight is 258 g/mol. The molecule has 0 unspecified atom stereocenters. The van der Waals surface area contributed by atoms with Crippen molar-refractivity contribution in [1.29, 1.82) is 0 Å². The molecule has 0 atom stereocenters. The lowest BCUT2D eigenvalue weighted by molar-refractivity contribution is 0.185. The number of likely N-dealkylation sites (tertiary alicyclic amines) is 1. The molecule has 2 heterocycles. The summed E-state index contributed by atoms with van der Waals surface area (Å²) in [6.45, 7) is 5.64. The van der Waals surface area contributed by atoms with Gasteiger partial charge in [0, 0.05) is 32.4 Å². The number of benzene rings is 1. The molecule has 3 rings (SSSR count). The molecule has 19 heavy (non-hydrogen) atoms. The van der Waals surface area contributed by atoms with Crippen LogP contribution in [0.3, 0.4) is 0 Å². The average Bonchev–Trinajstić information content (AvgIpc) is 2.81. The van der Waals surface area contributed by atoms with Crippen LogP contribution in [-0.2, 0) is 6.42 Å². The van der Waals surface area contributed by atoms with Crippen molar-refractivity contribution < 1.29 is 0 Å². The summed E-state index contributed by atoms with van der Waals surface area (Å²) in [6.07, 6.45) is 2.47. The Morgan fingerprint density at radius 1 is 1.26 bits per heavy atom. The van der Waals surface area contributed by atoms with Gasteiger partial charge in [0.05, 0.1) is 0 Å². The second-order valence-electron chi connectivity index (χ2n) is 5.20. The van der Waals surface area contributed by atoms with E-state index in [0.717, 1.165) is 32.0 Å². The van der Waals surface area contributed by atoms with Crippen LogP contribution in [0.2, 0.25) is 0 Å². The van der Waals surface area contributed by atoms with Gasteiger partial charge in [-0.2, -0.15) is 0 Å². The van der Waals surface area contributed by atoms with Crippen LogP contribution in [0.25, 0.3) is 0 Å². The number of rotatable bonds is 3. The third kappa shape index (κ3) is 2.59. The second-order valence-corrected chi connectivity index (χ2v) is 5.20. The number of fused-ring (bicyclic) bond motifs is 1. The highest BCUT2D eigenvalue weighted by Gasteiger charge is 2.22. The second kappa shape index (κ2) is 5.61. The van der Waals surface area contributed by atoms with E-state index in [9.17, 15) is 0 Å². The van der Waals surface area contributed by atoms with Crippen LogP contribution in [-0.4, -0.2) is 50.6 Å². The Balaban J connectivity index is 1.60. The Morgan fingerprint density at radius 3 is 2.84 bits per heavy atom. The third-order valence-corrected chi connectivity index (χ3v) is 4.01. The van der Waals surface area contributed by atoms with E-state index in [1.807, 2.05) is 7.05 Å². The Morgan fingerprint density at radius 2 is 2.11 bits per heavy atom. The summed E-state index contributed by atoms with van der Waals surface area (Å²) < 4.78 is 0. The number of anilines is 1. The lowest BCUT2D eigenvalue weighted by atomic mass is 10.2. The summed E-state index contributed by atoms with van der Waals surface area (Å²) in [4.78, 5) is 9.19. The molecule has 1 N–H and O–H groups in total. The van der Waals surface area contributed by atoms with Gasteiger partial charge in [0.2, 0.25) is 0 Å². The van der Waals surface area contributed by atoms with Gasteiger partial charge in [-0.25, -0.2) is 0 Å². The minimum absolute atomic E-state index is 0.978. The number of nitrogens with one attached hydrogen (secondary N) is 1. The van der Waals surface area contributed by atoms with Crippen LogP contribution < -0.4 is 10.2 Å². The zero-order valence-corrected chi connectivity index (χ0v) is 11.6. The minimum Gasteiger partial charge on any atom is -0.355 e. The highest BCUT2D eigenvalue weighted by atomic mass is 15.3. The van der Waals surface area contributed by atoms with E-state index in [4.69, 9.17) is 0 Å². The van der Waals surface area contributed by atoms with E-state index in [-0.39, 0.29) is 0 Å². The maximum absolute atomic E-state index is 4.42. The molecule has 1 saturated heterocycles. The fourth-order valence-corrected chi connectivity index (χ4v) is 2.78. The topological polar surface area (TPSA) is 30.9 Å². The number of guanidine groups is 1. The van der Waals surface area contributed by atoms with Gasteiger partial charge in [-0.1, -0.05) is 18.2 Å². The van der Waals surface area contributed by atoms with Gasteiger partial charge in [-0.05, 0) is 37.6 Å². The van der Waals surface area contributed by atoms with E-state index in [1.165, 1.54) is 30.8 Å². The lowest BCUT2D eigenvalue weighted by Gasteiger charge is -2.31. The Bertz CT molecular complexity index is 465. The van der Waals surface area contributed by atoms with E-state index in [2.05, 4.69) is 44.4 Å². The predicted molar refractivity (Wildman–Crippen MR) is 79.9 cm³/mol. The Labute approximate surface area is 115 Å². The summed E-state index contributed by atoms with van der Waals surface area (Å²) in [6, 6.07) is 8.61. The van der Waals surface area contributed by atoms with Crippen molar-refractivity contribution in [2.45, 2.75) is 12.8 Å². The maximum Gasteiger partial charge on any atom is 0.198 e. The Hall–Kier alpha value is -1.55. The van der Waals surface area contributed by atoms with Gasteiger partial charge >= 0.3 is 0 Å². The Kier molecular flexibility index (Phi) is 3.69. The molecule has 0 spiro atoms. The fraction of sp³-hybridized carbons (Fsp3) is 0.533. The van der Waals surface area contributed by atoms with Crippen LogP contribution in [0.1, 0.15) is 12.0 Å². The highest BCUT2D eigenvalue weighted by Crippen LogP contribution is 2.27. The first-order chi connectivity index (χ1) is 9.38. The molecule has 0 aromatic heterocycles. The number of para-hydroxylation sites is 1. The van der Waals surface area contributed by atoms with Crippen LogP contribution in [0.4, 0.5) is 5.69 Å². The van der Waals surface area contributed by atoms with Crippen molar-refractivity contribution in [2.24, 2.45) is 4.99 Å². The van der Waals surface area contributed by atoms with E-state index >= 15 is 0 Å². The van der Waals surface area contributed by atoms with Gasteiger partial charge in [0.25, 0.3) is 0 Å². The van der Waals surface area contributed by atoms with Gasteiger partial charge in [0.15, 0.2) is 5.96 Å². The summed E-state index contributed by atoms with van der Waals surface area (Å²) in [5.74, 6) is 1.01. The number of aliphatic imine (C=N–C) groups is 1. The molecule has 4 nitrogen and oxygen atoms in total. The van der Waals surface area contributed by atoms with Crippen molar-refractivity contribution in [3.8, 4) is 0 Å². The molecule has 1 aromatic rings. The molecule has 0 saturated carbocycles. The monoisotopic (exact) mass is 258 g/mol. The first-order valence-corrected chi connectivity index (χ1v) is 7.17. The van der Waals surface area contributed by atoms with Gasteiger partial charge in [-0.15, -0.1) is 0 Å². The molecule has 0 amide bonds. The zero-order chi connectivity index (χ0) is 13.1. The van der Waals surface area contributed by atoms with Crippen molar-refractivity contribution in [3.05, 3.63) is 29.8 Å². The van der Waals surface area contributed by atoms with Crippen molar-refractivity contribution in [1.82, 2.24) is 10.2 Å². The van der Waals surface area contributed by atoms with Crippen molar-refractivity contribution >= 4 is 11.6 Å². The molecule has 2 aliphatic heterocycles. The zero-order valence-electron chi connectivity index (χ0n) is 11.6. The van der Waals surface area contributed by atoms with Gasteiger partial charge in [0.1, 0.15) is 0 Å². The molecule has 4 heteroatoms. The summed E-state index contributed by atoms with van der Waals surface area (Å²) in [5, 5.41) is 3.49. The molecular formula is C15H22N4. The smallest absolute Gasteiger partial charge is 0.198 e. The molecule has 0 radical (unpaired) electrons. The lowest BCUT2D eigenvalue weighted by Crippen LogP contribution is -2.46. The maximum atomic E-state index is 4.42. The molecular weight excluding hydrogens is 236 g/mol. The standard InChI is InChI=1S/C15H22N4/c1-16-15(17-8-12-18-9-4-10-18)19-11-7-13-5-2-3-6-14(13)19/h2-3,5-6H,4,7-12H2,1H3,(H,16,17). The minimum atomic E-state index is 0.978. The summed E-state index contributed by atoms with van der Waals surface area (Å²) >= 11 is 0. The molecule has 1 aromatic carbocycles. The van der Waals surface area contributed by atoms with Gasteiger partial charge in [-0.3, -0.25) is 4.99 Å². The quantitative estimate of drug-likeness (QED) is 0.655. The molecule has 2 aliphatic rings. The number of nitrogens with zero attached hydrogens (tertiary/aromatic N) is 3. The van der Waals surface area contributed by atoms with E-state index in [0.29, 0.717) is 0 Å². The fourth-order valence-electron chi connectivity index (χ4n) is 2.78. The van der Waals surface area contributed by atoms with Crippen LogP contribution >= 0.6 is 0 Å². The number of hydrogen-bond donors (Lipinski definition) is 1. The third-order valence-electron chi connectivity index (χ3n) is 4.01. The molecule has 0 aliphatic carbocycles. The SMILES string of the molecule is CN=C(NCCN1CCC1)N1CCc2ccccc21. The largest absolute Gasteiger partial charge is 0.355 e. The van der Waals surface area contributed by atoms with Crippen LogP contribution in [0, 0.1) is 0 Å². The van der Waals surface area contributed by atoms with Crippen LogP contribution in [0.15, 0.2) is 29.3 Å². The van der Waals surface area contributed by atoms with Crippen LogP contribution in [0.5, 0.6) is 0 Å². The van der Waals surface area contributed by atoms with Crippen molar-refractivity contribution in [3.63, 3.8) is 0 Å². The predicted octanol–water partition coefficient (Wildman–Crippen LogP) is 1.33. The first kappa shape index (κ1) is 12.5. The normalized spacial score (nSPS) is 19.2. The number of hydrogen-bond acceptors (Lipinski definition) is 2. The highest BCUT2D eigenvalue weighted by molar-refractivity contribution is 5.97. The molecule has 102 valence electrons. The van der Waals surface area contributed by atoms with Gasteiger partial charge < -0.3 is 15.1 Å². The van der Waals surface area contributed by atoms with E-state index in [1.54, 1.807) is 0 Å². The molecule has 1 fully saturated rings. The molecule has 0 bridgehead atoms. The van der Waals surface area contributed by atoms with E-state index < -0.39 is 0 Å².